The summed E-state index contributed by atoms with van der Waals surface area (Å²) in [5, 5.41) is 13.6. The van der Waals surface area contributed by atoms with Gasteiger partial charge in [-0.25, -0.2) is 0 Å². The number of carbonyl (C=O) groups excluding carboxylic acids is 1. The van der Waals surface area contributed by atoms with Gasteiger partial charge >= 0.3 is 6.18 Å². The zero-order valence-electron chi connectivity index (χ0n) is 39.5. The van der Waals surface area contributed by atoms with Crippen molar-refractivity contribution < 1.29 is 47.3 Å². The average Bonchev–Trinajstić information content (AvgIpc) is 3.76. The largest absolute Gasteiger partial charge is 0.512 e. The van der Waals surface area contributed by atoms with E-state index in [1.165, 1.54) is 36.8 Å². The number of aliphatic hydroxyl groups excluding tert-OH is 1. The van der Waals surface area contributed by atoms with Gasteiger partial charge in [-0.05, 0) is 95.6 Å². The molecule has 325 valence electrons. The molecule has 4 nitrogen and oxygen atoms in total. The molecule has 0 amide bonds. The number of aryl methyl sites for hydroxylation is 5. The van der Waals surface area contributed by atoms with Crippen molar-refractivity contribution in [3.05, 3.63) is 142 Å². The number of aliphatic hydroxyl groups is 1. The van der Waals surface area contributed by atoms with Crippen LogP contribution >= 0.6 is 0 Å². The molecule has 0 saturated heterocycles. The summed E-state index contributed by atoms with van der Waals surface area (Å²) in [5.74, 6) is -1.31. The van der Waals surface area contributed by atoms with Gasteiger partial charge in [-0.2, -0.15) is 13.2 Å². The molecule has 0 spiro atoms. The Hall–Kier alpha value is -4.65. The summed E-state index contributed by atoms with van der Waals surface area (Å²) in [6, 6.07) is 29.8. The first-order chi connectivity index (χ1) is 29.8. The van der Waals surface area contributed by atoms with E-state index in [4.69, 9.17) is 4.11 Å². The maximum Gasteiger partial charge on any atom is 0.389 e. The Morgan fingerprint density at radius 2 is 1.30 bits per heavy atom. The Labute approximate surface area is 378 Å². The molecule has 1 fully saturated rings. The van der Waals surface area contributed by atoms with Gasteiger partial charge in [0, 0.05) is 50.4 Å². The first-order valence-corrected chi connectivity index (χ1v) is 21.1. The predicted octanol–water partition coefficient (Wildman–Crippen LogP) is 15.0. The smallest absolute Gasteiger partial charge is 0.389 e. The molecule has 6 aromatic rings. The van der Waals surface area contributed by atoms with E-state index in [-0.39, 0.29) is 50.4 Å². The number of rotatable bonds is 10. The van der Waals surface area contributed by atoms with Gasteiger partial charge in [-0.15, -0.1) is 69.8 Å². The fourth-order valence-corrected chi connectivity index (χ4v) is 8.09. The van der Waals surface area contributed by atoms with E-state index in [1.807, 2.05) is 65.0 Å². The van der Waals surface area contributed by atoms with Crippen molar-refractivity contribution in [3.63, 3.8) is 0 Å². The van der Waals surface area contributed by atoms with Gasteiger partial charge in [0.15, 0.2) is 5.78 Å². The molecule has 1 aliphatic rings. The van der Waals surface area contributed by atoms with E-state index in [0.29, 0.717) is 24.9 Å². The van der Waals surface area contributed by atoms with Crippen LogP contribution in [0.4, 0.5) is 13.2 Å². The third-order valence-electron chi connectivity index (χ3n) is 11.2. The summed E-state index contributed by atoms with van der Waals surface area (Å²) in [4.78, 5) is 20.5. The Morgan fingerprint density at radius 1 is 0.754 bits per heavy atom. The van der Waals surface area contributed by atoms with E-state index in [2.05, 4.69) is 72.3 Å². The van der Waals surface area contributed by atoms with Gasteiger partial charge in [0.2, 0.25) is 0 Å². The molecule has 1 unspecified atom stereocenters. The normalized spacial score (nSPS) is 14.3. The molecule has 0 aliphatic heterocycles. The molecule has 8 heteroatoms. The van der Waals surface area contributed by atoms with E-state index >= 15 is 0 Å². The van der Waals surface area contributed by atoms with Crippen molar-refractivity contribution in [1.29, 1.82) is 0 Å². The Balaban J connectivity index is 0.000000212. The summed E-state index contributed by atoms with van der Waals surface area (Å²) in [6.07, 6.45) is 2.54. The Bertz CT molecular complexity index is 2560. The number of nitrogens with zero attached hydrogens (tertiary/aromatic N) is 2. The van der Waals surface area contributed by atoms with Crippen molar-refractivity contribution >= 4 is 27.3 Å². The van der Waals surface area contributed by atoms with Gasteiger partial charge in [-0.1, -0.05) is 103 Å². The summed E-state index contributed by atoms with van der Waals surface area (Å²) in [7, 11) is 0. The van der Waals surface area contributed by atoms with E-state index in [9.17, 15) is 23.1 Å². The second-order valence-corrected chi connectivity index (χ2v) is 16.2. The monoisotopic (exact) mass is 1010 g/mol. The van der Waals surface area contributed by atoms with Crippen LogP contribution < -0.4 is 0 Å². The van der Waals surface area contributed by atoms with E-state index in [1.54, 1.807) is 6.92 Å². The molecule has 4 aromatic carbocycles. The van der Waals surface area contributed by atoms with Crippen LogP contribution in [0.2, 0.25) is 0 Å². The number of aromatic nitrogens is 2. The second kappa shape index (κ2) is 22.4. The standard InChI is InChI=1S/C22H22N.C18H16N.C13H21F3O2.Ir/c1-15-11-16(2)13-20(12-15)22-21-8-7-18(17-5-3-4-6-17)14-19(21)9-10-23-22;1-12-4-5-17-15(9-12)6-7-19-18(17)16-10-13(2)8-14(3)11-16;1-4-9(5-2)11(17)7-12(18)10(6-3)8-13(14,15)16;/h7-12,14,17H,3-6H2,1-2H3;4-10H,1-3H3;7,9-10,18H,4-6,8H2,1-3H3;/q2*-1;;/b;;12-7-;/i10D;6D,7D;;. The summed E-state index contributed by atoms with van der Waals surface area (Å²) in [5.41, 5.74) is 10.5. The number of ketones is 1. The molecule has 1 radical (unpaired) electrons. The third-order valence-corrected chi connectivity index (χ3v) is 11.2. The summed E-state index contributed by atoms with van der Waals surface area (Å²) < 4.78 is 60.9. The first kappa shape index (κ1) is 44.4. The number of halogens is 3. The number of pyridine rings is 2. The van der Waals surface area contributed by atoms with Gasteiger partial charge in [0.25, 0.3) is 0 Å². The SMILES string of the molecule is CCC(CC)C(=O)/C=C(\O)C(CC)CC(F)(F)F.[2H]c1cc2cc(C3CCCC3)ccc2c(-c2[c-]c(C)cc(C)c2)n1.[2H]c1nc(-c2[c-]c(C)cc(C)c2)c2ccc(C)cc2c1[2H].[Ir]. The molecule has 0 bridgehead atoms. The number of alkyl halides is 3. The number of fused-ring (bicyclic) bond motifs is 2. The summed E-state index contributed by atoms with van der Waals surface area (Å²) >= 11 is 0. The second-order valence-electron chi connectivity index (χ2n) is 16.2. The van der Waals surface area contributed by atoms with Crippen LogP contribution in [-0.4, -0.2) is 27.0 Å². The maximum atomic E-state index is 12.3. The Kier molecular flexibility index (Phi) is 16.3. The van der Waals surface area contributed by atoms with Crippen molar-refractivity contribution in [3.8, 4) is 22.5 Å². The molecule has 1 N–H and O–H groups in total. The van der Waals surface area contributed by atoms with Crippen LogP contribution in [0.5, 0.6) is 0 Å². The molecule has 1 saturated carbocycles. The minimum absolute atomic E-state index is 0. The molecule has 2 heterocycles. The fourth-order valence-electron chi connectivity index (χ4n) is 8.09. The topological polar surface area (TPSA) is 63.1 Å². The van der Waals surface area contributed by atoms with Crippen LogP contribution in [0.1, 0.15) is 116 Å². The average molecular weight is 1010 g/mol. The van der Waals surface area contributed by atoms with Gasteiger partial charge in [-0.3, -0.25) is 4.79 Å². The quantitative estimate of drug-likeness (QED) is 0.0844. The molecule has 1 aliphatic carbocycles. The van der Waals surface area contributed by atoms with Gasteiger partial charge in [0.1, 0.15) is 0 Å². The number of hydrogen-bond donors (Lipinski definition) is 1. The maximum absolute atomic E-state index is 12.3. The molecular weight excluding hydrogens is 946 g/mol. The number of hydrogen-bond acceptors (Lipinski definition) is 4. The molecule has 7 rings (SSSR count). The van der Waals surface area contributed by atoms with Crippen LogP contribution in [0.15, 0.2) is 97.0 Å². The van der Waals surface area contributed by atoms with Crippen LogP contribution in [0.3, 0.4) is 0 Å². The minimum Gasteiger partial charge on any atom is -0.512 e. The van der Waals surface area contributed by atoms with Crippen LogP contribution in [-0.2, 0) is 24.9 Å². The van der Waals surface area contributed by atoms with Crippen molar-refractivity contribution in [2.45, 2.75) is 119 Å². The fraction of sp³-hybridized carbons (Fsp3) is 0.377. The molecule has 61 heavy (non-hydrogen) atoms. The van der Waals surface area contributed by atoms with Crippen molar-refractivity contribution in [2.24, 2.45) is 11.8 Å². The van der Waals surface area contributed by atoms with E-state index < -0.39 is 24.3 Å². The summed E-state index contributed by atoms with van der Waals surface area (Å²) in [6.45, 7) is 15.4. The van der Waals surface area contributed by atoms with Crippen molar-refractivity contribution in [1.82, 2.24) is 9.97 Å². The third kappa shape index (κ3) is 13.7. The minimum atomic E-state index is -4.33. The predicted molar refractivity (Wildman–Crippen MR) is 241 cm³/mol. The molecule has 2 aromatic heterocycles. The first-order valence-electron chi connectivity index (χ1n) is 22.6. The zero-order valence-corrected chi connectivity index (χ0v) is 38.9. The zero-order chi connectivity index (χ0) is 46.2. The van der Waals surface area contributed by atoms with Crippen LogP contribution in [0.25, 0.3) is 44.1 Å². The molecule has 1 atom stereocenters. The Morgan fingerprint density at radius 3 is 1.84 bits per heavy atom. The van der Waals surface area contributed by atoms with Gasteiger partial charge in [0.05, 0.1) is 16.3 Å². The van der Waals surface area contributed by atoms with Gasteiger partial charge < -0.3 is 15.1 Å². The van der Waals surface area contributed by atoms with Crippen LogP contribution in [0, 0.1) is 58.6 Å². The van der Waals surface area contributed by atoms with Crippen molar-refractivity contribution in [2.75, 3.05) is 0 Å². The number of benzene rings is 4. The van der Waals surface area contributed by atoms with E-state index in [0.717, 1.165) is 72.4 Å². The molecular formula is C53H59F3IrN2O2-2. The number of carbonyl (C=O) groups is 1. The number of allylic oxidation sites excluding steroid dienone is 2.